The first kappa shape index (κ1) is 17.3. The highest BCUT2D eigenvalue weighted by Gasteiger charge is 2.26. The zero-order chi connectivity index (χ0) is 17.5. The Morgan fingerprint density at radius 1 is 1.21 bits per heavy atom. The summed E-state index contributed by atoms with van der Waals surface area (Å²) in [4.78, 5) is 35.7. The summed E-state index contributed by atoms with van der Waals surface area (Å²) in [5.41, 5.74) is 0.674. The van der Waals surface area contributed by atoms with Crippen LogP contribution in [0.1, 0.15) is 5.56 Å². The highest BCUT2D eigenvalue weighted by molar-refractivity contribution is 5.97. The molecule has 1 aliphatic heterocycles. The molecule has 1 heterocycles. The zero-order valence-electron chi connectivity index (χ0n) is 13.4. The van der Waals surface area contributed by atoms with Crippen LogP contribution in [0.25, 0.3) is 6.08 Å². The molecule has 1 aromatic rings. The van der Waals surface area contributed by atoms with Crippen molar-refractivity contribution in [2.75, 3.05) is 33.9 Å². The van der Waals surface area contributed by atoms with Crippen LogP contribution in [0.3, 0.4) is 0 Å². The second-order valence-electron chi connectivity index (χ2n) is 4.86. The van der Waals surface area contributed by atoms with Crippen molar-refractivity contribution in [2.45, 2.75) is 0 Å². The third-order valence-corrected chi connectivity index (χ3v) is 3.28. The number of ether oxygens (including phenoxy) is 3. The normalized spacial score (nSPS) is 13.8. The van der Waals surface area contributed by atoms with Crippen LogP contribution in [0, 0.1) is 0 Å². The molecule has 1 aromatic carbocycles. The number of rotatable bonds is 6. The van der Waals surface area contributed by atoms with E-state index >= 15 is 0 Å². The molecule has 0 spiro atoms. The van der Waals surface area contributed by atoms with E-state index < -0.39 is 24.5 Å². The average molecular weight is 334 g/mol. The van der Waals surface area contributed by atoms with Crippen LogP contribution >= 0.6 is 0 Å². The molecule has 1 N–H and O–H groups in total. The lowest BCUT2D eigenvalue weighted by molar-refractivity contribution is -0.146. The van der Waals surface area contributed by atoms with Crippen molar-refractivity contribution in [3.8, 4) is 11.5 Å². The fraction of sp³-hybridized carbons (Fsp3) is 0.312. The molecule has 3 amide bonds. The molecule has 0 aliphatic carbocycles. The lowest BCUT2D eigenvalue weighted by atomic mass is 10.2. The highest BCUT2D eigenvalue weighted by Crippen LogP contribution is 2.23. The van der Waals surface area contributed by atoms with Gasteiger partial charge in [0.1, 0.15) is 11.5 Å². The summed E-state index contributed by atoms with van der Waals surface area (Å²) in [7, 11) is 3.05. The molecule has 128 valence electrons. The Kier molecular flexibility index (Phi) is 5.78. The molecule has 2 rings (SSSR count). The topological polar surface area (TPSA) is 94.2 Å². The van der Waals surface area contributed by atoms with Crippen molar-refractivity contribution < 1.29 is 28.6 Å². The molecule has 1 fully saturated rings. The van der Waals surface area contributed by atoms with E-state index in [1.54, 1.807) is 18.2 Å². The van der Waals surface area contributed by atoms with E-state index in [0.29, 0.717) is 23.6 Å². The summed E-state index contributed by atoms with van der Waals surface area (Å²) in [6, 6.07) is 4.66. The number of amides is 3. The zero-order valence-corrected chi connectivity index (χ0v) is 13.4. The Labute approximate surface area is 139 Å². The van der Waals surface area contributed by atoms with Crippen LogP contribution in [0.4, 0.5) is 4.79 Å². The summed E-state index contributed by atoms with van der Waals surface area (Å²) in [5.74, 6) is -0.0882. The Morgan fingerprint density at radius 3 is 2.42 bits per heavy atom. The number of esters is 1. The largest absolute Gasteiger partial charge is 0.497 e. The van der Waals surface area contributed by atoms with Gasteiger partial charge in [0.05, 0.1) is 14.2 Å². The summed E-state index contributed by atoms with van der Waals surface area (Å²) in [6.07, 6.45) is 2.70. The van der Waals surface area contributed by atoms with Gasteiger partial charge in [-0.25, -0.2) is 9.59 Å². The van der Waals surface area contributed by atoms with Gasteiger partial charge in [-0.15, -0.1) is 0 Å². The second kappa shape index (κ2) is 8.00. The molecule has 24 heavy (non-hydrogen) atoms. The van der Waals surface area contributed by atoms with Crippen molar-refractivity contribution in [2.24, 2.45) is 0 Å². The van der Waals surface area contributed by atoms with Crippen molar-refractivity contribution in [1.29, 1.82) is 0 Å². The SMILES string of the molecule is COc1cc(/C=C/C(=O)OCC(=O)N2CCNC2=O)cc(OC)c1. The van der Waals surface area contributed by atoms with Gasteiger partial charge >= 0.3 is 12.0 Å². The maximum atomic E-state index is 11.7. The molecule has 0 bridgehead atoms. The Hall–Kier alpha value is -3.03. The fourth-order valence-electron chi connectivity index (χ4n) is 2.06. The van der Waals surface area contributed by atoms with Gasteiger partial charge in [0, 0.05) is 25.2 Å². The maximum absolute atomic E-state index is 11.7. The van der Waals surface area contributed by atoms with E-state index in [1.165, 1.54) is 26.4 Å². The molecule has 1 aliphatic rings. The molecule has 0 aromatic heterocycles. The van der Waals surface area contributed by atoms with Crippen molar-refractivity contribution in [3.63, 3.8) is 0 Å². The van der Waals surface area contributed by atoms with E-state index in [0.717, 1.165) is 4.90 Å². The van der Waals surface area contributed by atoms with E-state index in [9.17, 15) is 14.4 Å². The number of carbonyl (C=O) groups excluding carboxylic acids is 3. The third-order valence-electron chi connectivity index (χ3n) is 3.28. The number of imide groups is 1. The summed E-state index contributed by atoms with van der Waals surface area (Å²) in [6.45, 7) is 0.183. The molecule has 0 radical (unpaired) electrons. The summed E-state index contributed by atoms with van der Waals surface area (Å²) >= 11 is 0. The minimum atomic E-state index is -0.690. The van der Waals surface area contributed by atoms with Gasteiger partial charge in [-0.2, -0.15) is 0 Å². The fourth-order valence-corrected chi connectivity index (χ4v) is 2.06. The Bertz CT molecular complexity index is 648. The van der Waals surface area contributed by atoms with Gasteiger partial charge in [0.15, 0.2) is 6.61 Å². The lowest BCUT2D eigenvalue weighted by Gasteiger charge is -2.11. The number of benzene rings is 1. The predicted octanol–water partition coefficient (Wildman–Crippen LogP) is 0.812. The van der Waals surface area contributed by atoms with Crippen LogP contribution in [-0.4, -0.2) is 56.7 Å². The molecule has 0 unspecified atom stereocenters. The highest BCUT2D eigenvalue weighted by atomic mass is 16.5. The number of methoxy groups -OCH3 is 2. The van der Waals surface area contributed by atoms with Crippen LogP contribution in [0.15, 0.2) is 24.3 Å². The third kappa shape index (κ3) is 4.48. The van der Waals surface area contributed by atoms with Crippen molar-refractivity contribution in [1.82, 2.24) is 10.2 Å². The molecular weight excluding hydrogens is 316 g/mol. The van der Waals surface area contributed by atoms with E-state index in [4.69, 9.17) is 14.2 Å². The second-order valence-corrected chi connectivity index (χ2v) is 4.86. The van der Waals surface area contributed by atoms with Gasteiger partial charge in [-0.3, -0.25) is 9.69 Å². The monoisotopic (exact) mass is 334 g/mol. The predicted molar refractivity (Wildman–Crippen MR) is 84.7 cm³/mol. The number of nitrogens with zero attached hydrogens (tertiary/aromatic N) is 1. The molecule has 8 heteroatoms. The first-order valence-electron chi connectivity index (χ1n) is 7.19. The van der Waals surface area contributed by atoms with Gasteiger partial charge in [0.25, 0.3) is 5.91 Å². The molecular formula is C16H18N2O6. The maximum Gasteiger partial charge on any atom is 0.331 e. The van der Waals surface area contributed by atoms with Gasteiger partial charge in [0.2, 0.25) is 0 Å². The summed E-state index contributed by atoms with van der Waals surface area (Å²) in [5, 5.41) is 2.49. The Balaban J connectivity index is 1.91. The minimum absolute atomic E-state index is 0.272. The molecule has 0 atom stereocenters. The van der Waals surface area contributed by atoms with E-state index in [2.05, 4.69) is 5.32 Å². The quantitative estimate of drug-likeness (QED) is 0.611. The molecule has 8 nitrogen and oxygen atoms in total. The number of hydrogen-bond acceptors (Lipinski definition) is 6. The standard InChI is InChI=1S/C16H18N2O6/c1-22-12-7-11(8-13(9-12)23-2)3-4-15(20)24-10-14(19)18-6-5-17-16(18)21/h3-4,7-9H,5-6,10H2,1-2H3,(H,17,21)/b4-3+. The number of nitrogens with one attached hydrogen (secondary N) is 1. The lowest BCUT2D eigenvalue weighted by Crippen LogP contribution is -2.37. The molecule has 1 saturated heterocycles. The first-order valence-corrected chi connectivity index (χ1v) is 7.19. The Morgan fingerprint density at radius 2 is 1.88 bits per heavy atom. The average Bonchev–Trinajstić information content (AvgIpc) is 3.03. The van der Waals surface area contributed by atoms with Crippen LogP contribution in [0.5, 0.6) is 11.5 Å². The number of hydrogen-bond donors (Lipinski definition) is 1. The minimum Gasteiger partial charge on any atom is -0.497 e. The van der Waals surface area contributed by atoms with E-state index in [-0.39, 0.29) is 6.54 Å². The van der Waals surface area contributed by atoms with E-state index in [1.807, 2.05) is 0 Å². The van der Waals surface area contributed by atoms with Crippen LogP contribution < -0.4 is 14.8 Å². The number of carbonyl (C=O) groups is 3. The molecule has 0 saturated carbocycles. The smallest absolute Gasteiger partial charge is 0.331 e. The summed E-state index contributed by atoms with van der Waals surface area (Å²) < 4.78 is 15.1. The van der Waals surface area contributed by atoms with Crippen molar-refractivity contribution in [3.05, 3.63) is 29.8 Å². The number of urea groups is 1. The van der Waals surface area contributed by atoms with Gasteiger partial charge in [-0.05, 0) is 23.8 Å². The van der Waals surface area contributed by atoms with Gasteiger partial charge < -0.3 is 19.5 Å². The van der Waals surface area contributed by atoms with Crippen LogP contribution in [-0.2, 0) is 14.3 Å². The first-order chi connectivity index (χ1) is 11.5. The van der Waals surface area contributed by atoms with Crippen LogP contribution in [0.2, 0.25) is 0 Å². The van der Waals surface area contributed by atoms with Gasteiger partial charge in [-0.1, -0.05) is 0 Å². The van der Waals surface area contributed by atoms with Crippen molar-refractivity contribution >= 4 is 24.0 Å².